The van der Waals surface area contributed by atoms with Crippen LogP contribution in [-0.4, -0.2) is 31.4 Å². The zero-order chi connectivity index (χ0) is 6.69. The fourth-order valence-corrected chi connectivity index (χ4v) is 0.945. The average Bonchev–Trinajstić information content (AvgIpc) is 1.89. The first-order valence-electron chi connectivity index (χ1n) is 3.16. The number of hydrogen-bond donors (Lipinski definition) is 0. The first-order valence-corrected chi connectivity index (χ1v) is 3.16. The van der Waals surface area contributed by atoms with Crippen LogP contribution < -0.4 is 0 Å². The maximum atomic E-state index is 4.12. The highest BCUT2D eigenvalue weighted by molar-refractivity contribution is 5.84. The van der Waals surface area contributed by atoms with Crippen molar-refractivity contribution in [1.82, 2.24) is 4.90 Å². The molecular weight excluding hydrogens is 112 g/mol. The summed E-state index contributed by atoms with van der Waals surface area (Å²) < 4.78 is 0. The van der Waals surface area contributed by atoms with Crippen LogP contribution in [0.4, 0.5) is 0 Å². The number of rotatable bonds is 0. The minimum absolute atomic E-state index is 0.993. The molecule has 0 spiro atoms. The first-order chi connectivity index (χ1) is 4.34. The number of amidine groups is 1. The smallest absolute Gasteiger partial charge is 0.102 e. The number of nitrogens with zero attached hydrogens (tertiary/aromatic N) is 2. The highest BCUT2D eigenvalue weighted by Gasteiger charge is 2.04. The van der Waals surface area contributed by atoms with E-state index in [1.807, 2.05) is 7.05 Å². The summed E-state index contributed by atoms with van der Waals surface area (Å²) in [4.78, 5) is 6.27. The van der Waals surface area contributed by atoms with E-state index in [2.05, 4.69) is 29.1 Å². The van der Waals surface area contributed by atoms with Gasteiger partial charge < -0.3 is 4.90 Å². The van der Waals surface area contributed by atoms with E-state index in [1.165, 1.54) is 5.84 Å². The Bertz CT molecular complexity index is 147. The molecule has 0 aromatic carbocycles. The van der Waals surface area contributed by atoms with Gasteiger partial charge in [0.2, 0.25) is 0 Å². The second kappa shape index (κ2) is 2.67. The molecule has 0 aromatic heterocycles. The molecule has 0 aliphatic carbocycles. The van der Waals surface area contributed by atoms with Gasteiger partial charge in [-0.25, -0.2) is 0 Å². The lowest BCUT2D eigenvalue weighted by atomic mass is 10.2. The Morgan fingerprint density at radius 2 is 2.33 bits per heavy atom. The maximum absolute atomic E-state index is 4.12. The molecule has 0 atom stereocenters. The Labute approximate surface area is 55.9 Å². The van der Waals surface area contributed by atoms with Gasteiger partial charge in [-0.1, -0.05) is 12.2 Å². The SMILES string of the molecule is CN=C1CC=CCN1C. The van der Waals surface area contributed by atoms with Gasteiger partial charge in [0.1, 0.15) is 5.84 Å². The van der Waals surface area contributed by atoms with Crippen LogP contribution in [0, 0.1) is 0 Å². The molecule has 0 aromatic rings. The molecule has 2 heteroatoms. The van der Waals surface area contributed by atoms with E-state index in [-0.39, 0.29) is 0 Å². The fraction of sp³-hybridized carbons (Fsp3) is 0.571. The molecule has 2 nitrogen and oxygen atoms in total. The van der Waals surface area contributed by atoms with Crippen molar-refractivity contribution in [3.8, 4) is 0 Å². The summed E-state index contributed by atoms with van der Waals surface area (Å²) in [6.07, 6.45) is 5.31. The van der Waals surface area contributed by atoms with Crippen LogP contribution in [0.1, 0.15) is 6.42 Å². The van der Waals surface area contributed by atoms with Crippen LogP contribution in [-0.2, 0) is 0 Å². The van der Waals surface area contributed by atoms with Crippen molar-refractivity contribution in [3.05, 3.63) is 12.2 Å². The molecule has 0 unspecified atom stereocenters. The van der Waals surface area contributed by atoms with Crippen LogP contribution in [0.3, 0.4) is 0 Å². The largest absolute Gasteiger partial charge is 0.359 e. The minimum Gasteiger partial charge on any atom is -0.359 e. The molecule has 0 saturated carbocycles. The van der Waals surface area contributed by atoms with Crippen LogP contribution in [0.5, 0.6) is 0 Å². The lowest BCUT2D eigenvalue weighted by molar-refractivity contribution is 0.543. The van der Waals surface area contributed by atoms with Gasteiger partial charge in [0, 0.05) is 27.1 Å². The molecule has 9 heavy (non-hydrogen) atoms. The highest BCUT2D eigenvalue weighted by atomic mass is 15.2. The van der Waals surface area contributed by atoms with Crippen molar-refractivity contribution in [2.75, 3.05) is 20.6 Å². The summed E-state index contributed by atoms with van der Waals surface area (Å²) in [7, 11) is 3.90. The summed E-state index contributed by atoms with van der Waals surface area (Å²) >= 11 is 0. The highest BCUT2D eigenvalue weighted by Crippen LogP contribution is 2.00. The molecule has 0 saturated heterocycles. The Kier molecular flexibility index (Phi) is 1.88. The van der Waals surface area contributed by atoms with E-state index in [0.29, 0.717) is 0 Å². The molecule has 1 heterocycles. The van der Waals surface area contributed by atoms with Gasteiger partial charge in [0.25, 0.3) is 0 Å². The molecule has 0 radical (unpaired) electrons. The first kappa shape index (κ1) is 6.33. The number of aliphatic imine (C=N–C) groups is 1. The van der Waals surface area contributed by atoms with Crippen molar-refractivity contribution < 1.29 is 0 Å². The Morgan fingerprint density at radius 3 is 2.78 bits per heavy atom. The molecule has 1 aliphatic rings. The van der Waals surface area contributed by atoms with Gasteiger partial charge in [-0.2, -0.15) is 0 Å². The Morgan fingerprint density at radius 1 is 1.56 bits per heavy atom. The number of likely N-dealkylation sites (N-methyl/N-ethyl adjacent to an activating group) is 1. The van der Waals surface area contributed by atoms with E-state index in [9.17, 15) is 0 Å². The van der Waals surface area contributed by atoms with E-state index < -0.39 is 0 Å². The van der Waals surface area contributed by atoms with Crippen molar-refractivity contribution in [3.63, 3.8) is 0 Å². The van der Waals surface area contributed by atoms with Crippen LogP contribution in [0.15, 0.2) is 17.1 Å². The molecule has 50 valence electrons. The third kappa shape index (κ3) is 1.31. The molecule has 0 amide bonds. The van der Waals surface area contributed by atoms with Gasteiger partial charge in [0.05, 0.1) is 0 Å². The maximum Gasteiger partial charge on any atom is 0.102 e. The fourth-order valence-electron chi connectivity index (χ4n) is 0.945. The minimum atomic E-state index is 0.993. The standard InChI is InChI=1S/C7H12N2/c1-8-7-5-3-4-6-9(7)2/h3-4H,5-6H2,1-2H3. The van der Waals surface area contributed by atoms with Crippen molar-refractivity contribution in [2.24, 2.45) is 4.99 Å². The van der Waals surface area contributed by atoms with Gasteiger partial charge in [-0.3, -0.25) is 4.99 Å². The summed E-state index contributed by atoms with van der Waals surface area (Å²) in [5, 5.41) is 0. The van der Waals surface area contributed by atoms with Crippen LogP contribution >= 0.6 is 0 Å². The van der Waals surface area contributed by atoms with Crippen molar-refractivity contribution >= 4 is 5.84 Å². The molecule has 1 aliphatic heterocycles. The Hall–Kier alpha value is -0.790. The lowest BCUT2D eigenvalue weighted by Gasteiger charge is -2.21. The second-order valence-electron chi connectivity index (χ2n) is 2.20. The number of hydrogen-bond acceptors (Lipinski definition) is 1. The molecule has 0 N–H and O–H groups in total. The summed E-state index contributed by atoms with van der Waals surface area (Å²) in [6, 6.07) is 0. The summed E-state index contributed by atoms with van der Waals surface area (Å²) in [5.74, 6) is 1.18. The van der Waals surface area contributed by atoms with E-state index in [4.69, 9.17) is 0 Å². The van der Waals surface area contributed by atoms with Crippen molar-refractivity contribution in [2.45, 2.75) is 6.42 Å². The van der Waals surface area contributed by atoms with E-state index in [1.54, 1.807) is 0 Å². The van der Waals surface area contributed by atoms with Crippen LogP contribution in [0.25, 0.3) is 0 Å². The zero-order valence-corrected chi connectivity index (χ0v) is 5.96. The van der Waals surface area contributed by atoms with E-state index in [0.717, 1.165) is 13.0 Å². The summed E-state index contributed by atoms with van der Waals surface area (Å²) in [6.45, 7) is 1.01. The summed E-state index contributed by atoms with van der Waals surface area (Å²) in [5.41, 5.74) is 0. The normalized spacial score (nSPS) is 23.3. The van der Waals surface area contributed by atoms with Gasteiger partial charge in [-0.05, 0) is 0 Å². The topological polar surface area (TPSA) is 15.6 Å². The van der Waals surface area contributed by atoms with Crippen molar-refractivity contribution in [1.29, 1.82) is 0 Å². The quantitative estimate of drug-likeness (QED) is 0.438. The second-order valence-corrected chi connectivity index (χ2v) is 2.20. The zero-order valence-electron chi connectivity index (χ0n) is 5.96. The molecule has 0 fully saturated rings. The van der Waals surface area contributed by atoms with Crippen LogP contribution in [0.2, 0.25) is 0 Å². The lowest BCUT2D eigenvalue weighted by Crippen LogP contribution is -2.28. The van der Waals surface area contributed by atoms with E-state index >= 15 is 0 Å². The predicted octanol–water partition coefficient (Wildman–Crippen LogP) is 0.906. The average molecular weight is 124 g/mol. The Balaban J connectivity index is 2.64. The monoisotopic (exact) mass is 124 g/mol. The molecular formula is C7H12N2. The molecule has 0 bridgehead atoms. The predicted molar refractivity (Wildman–Crippen MR) is 39.7 cm³/mol. The third-order valence-corrected chi connectivity index (χ3v) is 1.55. The van der Waals surface area contributed by atoms with Gasteiger partial charge >= 0.3 is 0 Å². The molecule has 1 rings (SSSR count). The third-order valence-electron chi connectivity index (χ3n) is 1.55. The van der Waals surface area contributed by atoms with Gasteiger partial charge in [-0.15, -0.1) is 0 Å². The van der Waals surface area contributed by atoms with Gasteiger partial charge in [0.15, 0.2) is 0 Å².